The van der Waals surface area contributed by atoms with Crippen molar-refractivity contribution < 1.29 is 9.53 Å². The van der Waals surface area contributed by atoms with E-state index in [9.17, 15) is 4.79 Å². The summed E-state index contributed by atoms with van der Waals surface area (Å²) in [5, 5.41) is 0.567. The Morgan fingerprint density at radius 3 is 2.45 bits per heavy atom. The average Bonchev–Trinajstić information content (AvgIpc) is 2.37. The number of benzene rings is 1. The van der Waals surface area contributed by atoms with E-state index in [2.05, 4.69) is 29.0 Å². The van der Waals surface area contributed by atoms with Gasteiger partial charge in [-0.05, 0) is 54.9 Å². The van der Waals surface area contributed by atoms with Crippen LogP contribution in [-0.2, 0) is 4.74 Å². The number of carbonyl (C=O) groups is 1. The van der Waals surface area contributed by atoms with Gasteiger partial charge in [0.05, 0.1) is 13.8 Å². The zero-order valence-corrected chi connectivity index (χ0v) is 17.6. The van der Waals surface area contributed by atoms with Gasteiger partial charge in [-0.25, -0.2) is 4.79 Å². The average molecular weight is 427 g/mol. The molecule has 124 valence electrons. The maximum atomic E-state index is 12.6. The van der Waals surface area contributed by atoms with Gasteiger partial charge in [-0.2, -0.15) is 0 Å². The van der Waals surface area contributed by atoms with Crippen molar-refractivity contribution in [3.63, 3.8) is 0 Å². The Labute approximate surface area is 152 Å². The number of nitrogens with zero attached hydrogens (tertiary/aromatic N) is 1. The lowest BCUT2D eigenvalue weighted by atomic mass is 10.2. The molecule has 0 aliphatic rings. The molecule has 0 unspecified atom stereocenters. The predicted octanol–water partition coefficient (Wildman–Crippen LogP) is 5.87. The Bertz CT molecular complexity index is 547. The van der Waals surface area contributed by atoms with Crippen LogP contribution in [0.25, 0.3) is 0 Å². The highest BCUT2D eigenvalue weighted by atomic mass is 79.9. The molecule has 0 aliphatic heterocycles. The predicted molar refractivity (Wildman–Crippen MR) is 101 cm³/mol. The molecule has 0 saturated carbocycles. The molecule has 0 spiro atoms. The van der Waals surface area contributed by atoms with Gasteiger partial charge in [0.15, 0.2) is 0 Å². The highest BCUT2D eigenvalue weighted by Gasteiger charge is 2.31. The van der Waals surface area contributed by atoms with Crippen LogP contribution in [0.4, 0.5) is 10.5 Å². The lowest BCUT2D eigenvalue weighted by molar-refractivity contribution is 0.0585. The lowest BCUT2D eigenvalue weighted by Gasteiger charge is -2.32. The largest absolute Gasteiger partial charge is 0.443 e. The van der Waals surface area contributed by atoms with E-state index >= 15 is 0 Å². The van der Waals surface area contributed by atoms with E-state index in [1.54, 1.807) is 17.0 Å². The second-order valence-corrected chi connectivity index (χ2v) is 14.0. The first kappa shape index (κ1) is 19.8. The van der Waals surface area contributed by atoms with E-state index in [0.29, 0.717) is 22.4 Å². The summed E-state index contributed by atoms with van der Waals surface area (Å²) in [4.78, 5) is 14.3. The molecule has 3 nitrogen and oxygen atoms in total. The number of hydrogen-bond acceptors (Lipinski definition) is 2. The van der Waals surface area contributed by atoms with Crippen LogP contribution in [0.3, 0.4) is 0 Å². The maximum Gasteiger partial charge on any atom is 0.414 e. The van der Waals surface area contributed by atoms with Crippen LogP contribution in [0.2, 0.25) is 18.1 Å². The van der Waals surface area contributed by atoms with E-state index < -0.39 is 13.7 Å². The third-order valence-corrected chi connectivity index (χ3v) is 7.73. The fraction of sp³-hybridized carbons (Fsp3) is 0.533. The molecule has 0 saturated heterocycles. The van der Waals surface area contributed by atoms with Crippen molar-refractivity contribution in [2.45, 2.75) is 39.5 Å². The zero-order chi connectivity index (χ0) is 17.1. The standard InChI is InChI=1S/C15H22BrCl2NO2Si/c1-15(2,3)21-14(20)19(10-22(4,5)9-17)13-8-11(18)6-7-12(13)16/h6-8H,9-10H2,1-5H3. The molecule has 0 fully saturated rings. The molecule has 0 bridgehead atoms. The molecule has 1 amide bonds. The molecule has 0 aliphatic carbocycles. The Morgan fingerprint density at radius 1 is 1.36 bits per heavy atom. The molecular weight excluding hydrogens is 405 g/mol. The Hall–Kier alpha value is -0.233. The fourth-order valence-corrected chi connectivity index (χ4v) is 3.85. The van der Waals surface area contributed by atoms with Gasteiger partial charge in [0, 0.05) is 21.2 Å². The van der Waals surface area contributed by atoms with Crippen LogP contribution in [0.1, 0.15) is 20.8 Å². The van der Waals surface area contributed by atoms with E-state index in [1.165, 1.54) is 0 Å². The third kappa shape index (κ3) is 6.11. The topological polar surface area (TPSA) is 29.5 Å². The summed E-state index contributed by atoms with van der Waals surface area (Å²) < 4.78 is 6.34. The normalized spacial score (nSPS) is 12.2. The van der Waals surface area contributed by atoms with Gasteiger partial charge in [-0.1, -0.05) is 24.7 Å². The van der Waals surface area contributed by atoms with Gasteiger partial charge in [0.2, 0.25) is 0 Å². The quantitative estimate of drug-likeness (QED) is 0.445. The summed E-state index contributed by atoms with van der Waals surface area (Å²) in [6.07, 6.45) is 0.172. The molecule has 1 rings (SSSR count). The van der Waals surface area contributed by atoms with Gasteiger partial charge in [-0.15, -0.1) is 11.6 Å². The minimum absolute atomic E-state index is 0.388. The summed E-state index contributed by atoms with van der Waals surface area (Å²) in [7, 11) is -1.77. The Morgan fingerprint density at radius 2 is 1.95 bits per heavy atom. The fourth-order valence-electron chi connectivity index (χ4n) is 1.73. The summed E-state index contributed by atoms with van der Waals surface area (Å²) in [6, 6.07) is 5.35. The summed E-state index contributed by atoms with van der Waals surface area (Å²) >= 11 is 15.7. The molecule has 0 aromatic heterocycles. The van der Waals surface area contributed by atoms with E-state index in [1.807, 2.05) is 26.8 Å². The molecule has 1 aromatic carbocycles. The number of ether oxygens (including phenoxy) is 1. The van der Waals surface area contributed by atoms with Crippen LogP contribution >= 0.6 is 39.1 Å². The number of hydrogen-bond donors (Lipinski definition) is 0. The summed E-state index contributed by atoms with van der Waals surface area (Å²) in [5.74, 6) is 0. The van der Waals surface area contributed by atoms with E-state index in [0.717, 1.165) is 4.47 Å². The van der Waals surface area contributed by atoms with Crippen LogP contribution in [0.15, 0.2) is 22.7 Å². The van der Waals surface area contributed by atoms with Crippen molar-refractivity contribution in [3.8, 4) is 0 Å². The lowest BCUT2D eigenvalue weighted by Crippen LogP contribution is -2.49. The summed E-state index contributed by atoms with van der Waals surface area (Å²) in [5.41, 5.74) is 0.699. The first-order valence-electron chi connectivity index (χ1n) is 6.97. The van der Waals surface area contributed by atoms with Gasteiger partial charge in [-0.3, -0.25) is 4.90 Å². The van der Waals surface area contributed by atoms with Crippen molar-refractivity contribution in [3.05, 3.63) is 27.7 Å². The minimum atomic E-state index is -1.77. The number of halogens is 3. The van der Waals surface area contributed by atoms with Crippen molar-refractivity contribution >= 4 is 59.0 Å². The third-order valence-electron chi connectivity index (χ3n) is 2.76. The number of amides is 1. The van der Waals surface area contributed by atoms with Crippen molar-refractivity contribution in [1.29, 1.82) is 0 Å². The van der Waals surface area contributed by atoms with Gasteiger partial charge >= 0.3 is 6.09 Å². The first-order valence-corrected chi connectivity index (χ1v) is 12.1. The van der Waals surface area contributed by atoms with Crippen LogP contribution in [-0.4, -0.2) is 31.4 Å². The van der Waals surface area contributed by atoms with Crippen molar-refractivity contribution in [2.75, 3.05) is 16.6 Å². The molecule has 0 radical (unpaired) electrons. The number of anilines is 1. The van der Waals surface area contributed by atoms with Crippen LogP contribution in [0, 0.1) is 0 Å². The monoisotopic (exact) mass is 425 g/mol. The van der Waals surface area contributed by atoms with Crippen LogP contribution < -0.4 is 4.90 Å². The molecule has 7 heteroatoms. The number of alkyl halides is 1. The molecule has 0 heterocycles. The first-order chi connectivity index (χ1) is 9.95. The Kier molecular flexibility index (Phi) is 6.81. The highest BCUT2D eigenvalue weighted by Crippen LogP contribution is 2.31. The van der Waals surface area contributed by atoms with Gasteiger partial charge in [0.1, 0.15) is 5.60 Å². The maximum absolute atomic E-state index is 12.6. The molecular formula is C15H22BrCl2NO2Si. The second-order valence-electron chi connectivity index (χ2n) is 6.96. The van der Waals surface area contributed by atoms with Gasteiger partial charge in [0.25, 0.3) is 0 Å². The van der Waals surface area contributed by atoms with Crippen molar-refractivity contribution in [2.24, 2.45) is 0 Å². The highest BCUT2D eigenvalue weighted by molar-refractivity contribution is 9.10. The van der Waals surface area contributed by atoms with Crippen molar-refractivity contribution in [1.82, 2.24) is 0 Å². The summed E-state index contributed by atoms with van der Waals surface area (Å²) in [6.45, 7) is 9.81. The molecule has 0 atom stereocenters. The zero-order valence-electron chi connectivity index (χ0n) is 13.5. The number of rotatable bonds is 4. The van der Waals surface area contributed by atoms with E-state index in [4.69, 9.17) is 27.9 Å². The SMILES string of the molecule is CC(C)(C)OC(=O)N(C[Si](C)(C)CCl)c1cc(Cl)ccc1Br. The van der Waals surface area contributed by atoms with Crippen LogP contribution in [0.5, 0.6) is 0 Å². The van der Waals surface area contributed by atoms with E-state index in [-0.39, 0.29) is 6.09 Å². The second kappa shape index (κ2) is 7.56. The molecule has 0 N–H and O–H groups in total. The smallest absolute Gasteiger partial charge is 0.414 e. The Balaban J connectivity index is 3.21. The minimum Gasteiger partial charge on any atom is -0.443 e. The number of carbonyl (C=O) groups excluding carboxylic acids is 1. The molecule has 22 heavy (non-hydrogen) atoms. The molecule has 1 aromatic rings. The van der Waals surface area contributed by atoms with Gasteiger partial charge < -0.3 is 4.74 Å².